The maximum absolute atomic E-state index is 14.7. The summed E-state index contributed by atoms with van der Waals surface area (Å²) in [4.78, 5) is 72.2. The van der Waals surface area contributed by atoms with E-state index in [4.69, 9.17) is 28.4 Å². The molecule has 0 saturated heterocycles. The highest BCUT2D eigenvalue weighted by molar-refractivity contribution is 5.92. The minimum absolute atomic E-state index is 0.150. The molecule has 0 N–H and O–H groups in total. The Morgan fingerprint density at radius 3 is 1.18 bits per heavy atom. The van der Waals surface area contributed by atoms with Gasteiger partial charge < -0.3 is 28.4 Å². The van der Waals surface area contributed by atoms with Crippen molar-refractivity contribution in [3.05, 3.63) is 168 Å². The van der Waals surface area contributed by atoms with Crippen LogP contribution in [0.1, 0.15) is 88.8 Å². The highest BCUT2D eigenvalue weighted by Crippen LogP contribution is 2.47. The molecular formula is C54H51FO12. The van der Waals surface area contributed by atoms with Gasteiger partial charge in [-0.2, -0.15) is 0 Å². The lowest BCUT2D eigenvalue weighted by Crippen LogP contribution is -2.14. The highest BCUT2D eigenvalue weighted by atomic mass is 19.1. The predicted octanol–water partition coefficient (Wildman–Crippen LogP) is 11.0. The summed E-state index contributed by atoms with van der Waals surface area (Å²) in [6, 6.07) is 18.1. The fraction of sp³-hybridized carbons (Fsp3) is 0.222. The van der Waals surface area contributed by atoms with E-state index >= 15 is 0 Å². The van der Waals surface area contributed by atoms with Crippen molar-refractivity contribution >= 4 is 35.8 Å². The quantitative estimate of drug-likeness (QED) is 0.0671. The van der Waals surface area contributed by atoms with Crippen molar-refractivity contribution in [3.8, 4) is 45.3 Å². The molecule has 12 nitrogen and oxygen atoms in total. The molecule has 0 amide bonds. The molecule has 0 heterocycles. The van der Waals surface area contributed by atoms with Crippen LogP contribution in [0, 0.1) is 5.82 Å². The van der Waals surface area contributed by atoms with Crippen molar-refractivity contribution in [1.29, 1.82) is 0 Å². The normalized spacial score (nSPS) is 14.1. The summed E-state index contributed by atoms with van der Waals surface area (Å²) in [7, 11) is 0. The summed E-state index contributed by atoms with van der Waals surface area (Å²) in [5, 5.41) is 0. The number of benzene rings is 4. The molecule has 0 aromatic heterocycles. The molecular weight excluding hydrogens is 860 g/mol. The van der Waals surface area contributed by atoms with Crippen LogP contribution in [0.15, 0.2) is 140 Å². The maximum atomic E-state index is 14.7. The van der Waals surface area contributed by atoms with Gasteiger partial charge in [0, 0.05) is 44.6 Å². The summed E-state index contributed by atoms with van der Waals surface area (Å²) < 4.78 is 47.3. The Labute approximate surface area is 388 Å². The number of hydrogen-bond donors (Lipinski definition) is 0. The van der Waals surface area contributed by atoms with E-state index in [2.05, 4.69) is 39.5 Å². The zero-order valence-corrected chi connectivity index (χ0v) is 38.4. The standard InChI is InChI=1S/C27H25FO6.C27H26O6/c1-14(2)25(29)32-21-10-7-17(13-20(21)28)18-8-11-22(33-26(30)15(3)4)24-19(18)9-12-23(24)34-27(31)16(5)6;1-15(2)25(28)31-19-9-7-18(8-10-19)20-11-13-22(32-26(29)16(3)4)24-21(20)12-14-23(24)33-27(30)17(5)6/h7-8,10-11,13,23H,1,3,5,9,12H2,2,4,6H3;7-11,13,23H,1,3,5,12,14H2,2,4,6H3. The summed E-state index contributed by atoms with van der Waals surface area (Å²) >= 11 is 0. The molecule has 0 aliphatic heterocycles. The number of halogens is 1. The van der Waals surface area contributed by atoms with Crippen LogP contribution in [-0.2, 0) is 51.1 Å². The van der Waals surface area contributed by atoms with Crippen LogP contribution < -0.4 is 18.9 Å². The lowest BCUT2D eigenvalue weighted by molar-refractivity contribution is -0.145. The molecule has 6 rings (SSSR count). The molecule has 0 radical (unpaired) electrons. The first-order valence-corrected chi connectivity index (χ1v) is 21.0. The van der Waals surface area contributed by atoms with Crippen LogP contribution in [0.2, 0.25) is 0 Å². The Morgan fingerprint density at radius 2 is 0.791 bits per heavy atom. The van der Waals surface area contributed by atoms with Crippen molar-refractivity contribution in [2.24, 2.45) is 0 Å². The van der Waals surface area contributed by atoms with Gasteiger partial charge in [0.2, 0.25) is 0 Å². The third kappa shape index (κ3) is 12.1. The van der Waals surface area contributed by atoms with Crippen LogP contribution in [0.5, 0.6) is 23.0 Å². The average Bonchev–Trinajstić information content (AvgIpc) is 3.90. The lowest BCUT2D eigenvalue weighted by Gasteiger charge is -2.18. The van der Waals surface area contributed by atoms with E-state index in [9.17, 15) is 33.2 Å². The van der Waals surface area contributed by atoms with Gasteiger partial charge >= 0.3 is 35.8 Å². The van der Waals surface area contributed by atoms with Gasteiger partial charge in [-0.15, -0.1) is 0 Å². The van der Waals surface area contributed by atoms with E-state index in [0.29, 0.717) is 70.6 Å². The number of esters is 6. The van der Waals surface area contributed by atoms with Gasteiger partial charge in [0.1, 0.15) is 29.5 Å². The largest absolute Gasteiger partial charge is 0.454 e. The highest BCUT2D eigenvalue weighted by Gasteiger charge is 2.34. The minimum atomic E-state index is -0.724. The number of rotatable bonds is 14. The fourth-order valence-electron chi connectivity index (χ4n) is 6.99. The first-order chi connectivity index (χ1) is 31.6. The molecule has 67 heavy (non-hydrogen) atoms. The molecule has 0 saturated carbocycles. The van der Waals surface area contributed by atoms with Gasteiger partial charge in [0.15, 0.2) is 11.6 Å². The van der Waals surface area contributed by atoms with Gasteiger partial charge in [-0.05, 0) is 137 Å². The van der Waals surface area contributed by atoms with Gasteiger partial charge in [-0.1, -0.05) is 69.8 Å². The van der Waals surface area contributed by atoms with Crippen molar-refractivity contribution in [2.75, 3.05) is 0 Å². The SMILES string of the molecule is C=C(C)C(=O)Oc1ccc(-c2ccc(OC(=O)C(=C)C)c3c2CCC3OC(=O)C(=C)C)cc1.C=C(C)C(=O)Oc1ccc(-c2ccc(OC(=O)C(=C)C)c3c2CCC3OC(=O)C(=C)C)cc1F. The van der Waals surface area contributed by atoms with E-state index < -0.39 is 53.8 Å². The smallest absolute Gasteiger partial charge is 0.338 e. The Bertz CT molecular complexity index is 2790. The Morgan fingerprint density at radius 1 is 0.448 bits per heavy atom. The lowest BCUT2D eigenvalue weighted by atomic mass is 9.95. The zero-order valence-electron chi connectivity index (χ0n) is 38.4. The average molecular weight is 911 g/mol. The van der Waals surface area contributed by atoms with Gasteiger partial charge in [0.25, 0.3) is 0 Å². The van der Waals surface area contributed by atoms with Gasteiger partial charge in [0.05, 0.1) is 0 Å². The van der Waals surface area contributed by atoms with Crippen molar-refractivity contribution in [2.45, 2.75) is 79.4 Å². The van der Waals surface area contributed by atoms with Crippen LogP contribution >= 0.6 is 0 Å². The second-order valence-corrected chi connectivity index (χ2v) is 16.3. The molecule has 4 aromatic rings. The Kier molecular flexibility index (Phi) is 16.0. The Hall–Kier alpha value is -7.93. The predicted molar refractivity (Wildman–Crippen MR) is 249 cm³/mol. The molecule has 13 heteroatoms. The molecule has 0 bridgehead atoms. The van der Waals surface area contributed by atoms with Crippen molar-refractivity contribution in [3.63, 3.8) is 0 Å². The van der Waals surface area contributed by atoms with E-state index in [1.54, 1.807) is 64.1 Å². The number of ether oxygens (including phenoxy) is 6. The van der Waals surface area contributed by atoms with E-state index in [1.165, 1.54) is 26.0 Å². The third-order valence-electron chi connectivity index (χ3n) is 10.4. The number of carbonyl (C=O) groups excluding carboxylic acids is 6. The van der Waals surface area contributed by atoms with Crippen LogP contribution in [0.3, 0.4) is 0 Å². The Balaban J connectivity index is 0.000000251. The monoisotopic (exact) mass is 910 g/mol. The molecule has 0 fully saturated rings. The first kappa shape index (κ1) is 50.1. The van der Waals surface area contributed by atoms with Crippen molar-refractivity contribution in [1.82, 2.24) is 0 Å². The molecule has 0 spiro atoms. The van der Waals surface area contributed by atoms with Crippen LogP contribution in [-0.4, -0.2) is 35.8 Å². The minimum Gasteiger partial charge on any atom is -0.454 e. The van der Waals surface area contributed by atoms with Crippen molar-refractivity contribution < 1.29 is 61.6 Å². The number of fused-ring (bicyclic) bond motifs is 2. The summed E-state index contributed by atoms with van der Waals surface area (Å²) in [6.45, 7) is 30.8. The second-order valence-electron chi connectivity index (χ2n) is 16.3. The van der Waals surface area contributed by atoms with Crippen LogP contribution in [0.25, 0.3) is 22.3 Å². The summed E-state index contributed by atoms with van der Waals surface area (Å²) in [5.41, 5.74) is 7.35. The fourth-order valence-corrected chi connectivity index (χ4v) is 6.99. The third-order valence-corrected chi connectivity index (χ3v) is 10.4. The molecule has 346 valence electrons. The topological polar surface area (TPSA) is 158 Å². The van der Waals surface area contributed by atoms with E-state index in [0.717, 1.165) is 22.3 Å². The van der Waals surface area contributed by atoms with Gasteiger partial charge in [-0.3, -0.25) is 0 Å². The van der Waals surface area contributed by atoms with E-state index in [-0.39, 0.29) is 33.8 Å². The molecule has 2 unspecified atom stereocenters. The molecule has 2 aliphatic rings. The maximum Gasteiger partial charge on any atom is 0.338 e. The van der Waals surface area contributed by atoms with E-state index in [1.807, 2.05) is 18.2 Å². The molecule has 2 atom stereocenters. The van der Waals surface area contributed by atoms with Crippen LogP contribution in [0.4, 0.5) is 4.39 Å². The number of hydrogen-bond acceptors (Lipinski definition) is 12. The molecule has 4 aromatic carbocycles. The molecule has 2 aliphatic carbocycles. The summed E-state index contributed by atoms with van der Waals surface area (Å²) in [5.74, 6) is -3.38. The van der Waals surface area contributed by atoms with Gasteiger partial charge in [-0.25, -0.2) is 33.2 Å². The zero-order chi connectivity index (χ0) is 49.4. The second kappa shape index (κ2) is 21.4. The first-order valence-electron chi connectivity index (χ1n) is 21.0. The summed E-state index contributed by atoms with van der Waals surface area (Å²) in [6.07, 6.45) is 0.923. The number of carbonyl (C=O) groups is 6.